The van der Waals surface area contributed by atoms with Crippen molar-refractivity contribution in [2.75, 3.05) is 5.88 Å². The van der Waals surface area contributed by atoms with Crippen LogP contribution in [0.2, 0.25) is 0 Å². The Morgan fingerprint density at radius 1 is 1.69 bits per heavy atom. The Kier molecular flexibility index (Phi) is 3.49. The summed E-state index contributed by atoms with van der Waals surface area (Å²) < 4.78 is 5.05. The molecule has 1 N–H and O–H groups in total. The number of halogens is 1. The summed E-state index contributed by atoms with van der Waals surface area (Å²) in [4.78, 5) is 15.8. The van der Waals surface area contributed by atoms with Gasteiger partial charge in [0.05, 0.1) is 5.69 Å². The Labute approximate surface area is 99.4 Å². The third-order valence-corrected chi connectivity index (χ3v) is 3.52. The van der Waals surface area contributed by atoms with E-state index in [2.05, 4.69) is 10.3 Å². The molecule has 0 spiro atoms. The van der Waals surface area contributed by atoms with Gasteiger partial charge in [0.1, 0.15) is 0 Å². The average molecular weight is 243 g/mol. The molecular formula is C11H15ClN2O2. The van der Waals surface area contributed by atoms with Crippen LogP contribution in [0, 0.1) is 12.8 Å². The quantitative estimate of drug-likeness (QED) is 0.826. The van der Waals surface area contributed by atoms with Gasteiger partial charge in [0.25, 0.3) is 5.91 Å². The zero-order valence-electron chi connectivity index (χ0n) is 9.20. The second-order valence-electron chi connectivity index (χ2n) is 4.19. The number of oxazole rings is 1. The highest BCUT2D eigenvalue weighted by molar-refractivity contribution is 6.18. The Bertz CT molecular complexity index is 378. The maximum absolute atomic E-state index is 11.9. The molecule has 1 aliphatic carbocycles. The Morgan fingerprint density at radius 3 is 3.12 bits per heavy atom. The van der Waals surface area contributed by atoms with Crippen LogP contribution in [0.5, 0.6) is 0 Å². The Hall–Kier alpha value is -1.03. The van der Waals surface area contributed by atoms with Crippen molar-refractivity contribution in [1.29, 1.82) is 0 Å². The van der Waals surface area contributed by atoms with Gasteiger partial charge in [-0.3, -0.25) is 4.79 Å². The van der Waals surface area contributed by atoms with E-state index >= 15 is 0 Å². The minimum Gasteiger partial charge on any atom is -0.438 e. The van der Waals surface area contributed by atoms with Gasteiger partial charge in [-0.2, -0.15) is 0 Å². The van der Waals surface area contributed by atoms with E-state index in [-0.39, 0.29) is 11.9 Å². The predicted octanol–water partition coefficient (Wildman–Crippen LogP) is 2.12. The number of rotatable bonds is 3. The molecule has 4 nitrogen and oxygen atoms in total. The average Bonchev–Trinajstić information content (AvgIpc) is 2.86. The monoisotopic (exact) mass is 242 g/mol. The number of nitrogens with zero attached hydrogens (tertiary/aromatic N) is 1. The summed E-state index contributed by atoms with van der Waals surface area (Å²) in [6, 6.07) is 0.175. The van der Waals surface area contributed by atoms with Crippen LogP contribution in [-0.2, 0) is 0 Å². The minimum atomic E-state index is -0.183. The minimum absolute atomic E-state index is 0.175. The van der Waals surface area contributed by atoms with Crippen molar-refractivity contribution in [3.05, 3.63) is 17.8 Å². The van der Waals surface area contributed by atoms with E-state index in [1.807, 2.05) is 0 Å². The van der Waals surface area contributed by atoms with Crippen molar-refractivity contribution in [1.82, 2.24) is 10.3 Å². The van der Waals surface area contributed by atoms with Crippen LogP contribution < -0.4 is 5.32 Å². The summed E-state index contributed by atoms with van der Waals surface area (Å²) in [5.41, 5.74) is 0.623. The predicted molar refractivity (Wildman–Crippen MR) is 60.6 cm³/mol. The van der Waals surface area contributed by atoms with E-state index in [1.165, 1.54) is 6.39 Å². The molecule has 2 unspecified atom stereocenters. The van der Waals surface area contributed by atoms with Crippen molar-refractivity contribution in [2.45, 2.75) is 32.2 Å². The normalized spacial score (nSPS) is 24.6. The van der Waals surface area contributed by atoms with E-state index < -0.39 is 0 Å². The molecule has 0 saturated heterocycles. The van der Waals surface area contributed by atoms with Gasteiger partial charge in [-0.15, -0.1) is 11.6 Å². The highest BCUT2D eigenvalue weighted by atomic mass is 35.5. The Morgan fingerprint density at radius 2 is 2.50 bits per heavy atom. The lowest BCUT2D eigenvalue weighted by atomic mass is 10.1. The van der Waals surface area contributed by atoms with Crippen LogP contribution in [0.4, 0.5) is 0 Å². The third kappa shape index (κ3) is 2.21. The number of aromatic nitrogens is 1. The molecule has 1 aromatic rings. The molecule has 2 atom stereocenters. The lowest BCUT2D eigenvalue weighted by molar-refractivity contribution is 0.0901. The molecule has 0 aliphatic heterocycles. The number of hydrogen-bond acceptors (Lipinski definition) is 3. The summed E-state index contributed by atoms with van der Waals surface area (Å²) in [7, 11) is 0. The van der Waals surface area contributed by atoms with Gasteiger partial charge in [-0.25, -0.2) is 4.98 Å². The van der Waals surface area contributed by atoms with Gasteiger partial charge < -0.3 is 9.73 Å². The summed E-state index contributed by atoms with van der Waals surface area (Å²) in [5, 5.41) is 2.97. The number of carbonyl (C=O) groups excluding carboxylic acids is 1. The Balaban J connectivity index is 2.00. The molecule has 0 radical (unpaired) electrons. The van der Waals surface area contributed by atoms with E-state index in [9.17, 15) is 4.79 Å². The maximum atomic E-state index is 11.9. The number of nitrogens with one attached hydrogen (secondary N) is 1. The van der Waals surface area contributed by atoms with Crippen molar-refractivity contribution >= 4 is 17.5 Å². The molecular weight excluding hydrogens is 228 g/mol. The summed E-state index contributed by atoms with van der Waals surface area (Å²) >= 11 is 5.86. The first-order valence-electron chi connectivity index (χ1n) is 5.49. The fourth-order valence-corrected chi connectivity index (χ4v) is 2.53. The summed E-state index contributed by atoms with van der Waals surface area (Å²) in [6.07, 6.45) is 4.50. The highest BCUT2D eigenvalue weighted by Gasteiger charge is 2.29. The molecule has 1 amide bonds. The van der Waals surface area contributed by atoms with E-state index in [4.69, 9.17) is 16.0 Å². The van der Waals surface area contributed by atoms with E-state index in [0.717, 1.165) is 19.3 Å². The standard InChI is InChI=1S/C11H15ClN2O2/c1-7-10(16-6-13-7)11(15)14-9-4-2-3-8(9)5-12/h6,8-9H,2-5H2,1H3,(H,14,15). The zero-order chi connectivity index (χ0) is 11.5. The zero-order valence-corrected chi connectivity index (χ0v) is 9.96. The van der Waals surface area contributed by atoms with Gasteiger partial charge in [0, 0.05) is 11.9 Å². The lowest BCUT2D eigenvalue weighted by Gasteiger charge is -2.17. The molecule has 1 aliphatic rings. The lowest BCUT2D eigenvalue weighted by Crippen LogP contribution is -2.38. The number of amides is 1. The topological polar surface area (TPSA) is 55.1 Å². The molecule has 5 heteroatoms. The van der Waals surface area contributed by atoms with Crippen molar-refractivity contribution < 1.29 is 9.21 Å². The largest absolute Gasteiger partial charge is 0.438 e. The van der Waals surface area contributed by atoms with E-state index in [0.29, 0.717) is 23.3 Å². The highest BCUT2D eigenvalue weighted by Crippen LogP contribution is 2.26. The number of aryl methyl sites for hydroxylation is 1. The van der Waals surface area contributed by atoms with Crippen molar-refractivity contribution in [3.8, 4) is 0 Å². The molecule has 2 rings (SSSR count). The fraction of sp³-hybridized carbons (Fsp3) is 0.636. The molecule has 0 bridgehead atoms. The molecule has 1 fully saturated rings. The molecule has 1 aromatic heterocycles. The molecule has 88 valence electrons. The number of alkyl halides is 1. The van der Waals surface area contributed by atoms with Gasteiger partial charge in [-0.05, 0) is 25.7 Å². The smallest absolute Gasteiger partial charge is 0.289 e. The molecule has 1 saturated carbocycles. The van der Waals surface area contributed by atoms with Gasteiger partial charge >= 0.3 is 0 Å². The van der Waals surface area contributed by atoms with Crippen molar-refractivity contribution in [2.24, 2.45) is 5.92 Å². The summed E-state index contributed by atoms with van der Waals surface area (Å²) in [6.45, 7) is 1.76. The van der Waals surface area contributed by atoms with Crippen LogP contribution in [-0.4, -0.2) is 22.8 Å². The van der Waals surface area contributed by atoms with Crippen LogP contribution >= 0.6 is 11.6 Å². The number of hydrogen-bond donors (Lipinski definition) is 1. The molecule has 0 aromatic carbocycles. The van der Waals surface area contributed by atoms with Crippen molar-refractivity contribution in [3.63, 3.8) is 0 Å². The fourth-order valence-electron chi connectivity index (χ4n) is 2.17. The first-order valence-corrected chi connectivity index (χ1v) is 6.02. The van der Waals surface area contributed by atoms with E-state index in [1.54, 1.807) is 6.92 Å². The maximum Gasteiger partial charge on any atom is 0.289 e. The SMILES string of the molecule is Cc1ncoc1C(=O)NC1CCCC1CCl. The third-order valence-electron chi connectivity index (χ3n) is 3.13. The van der Waals surface area contributed by atoms with Gasteiger partial charge in [-0.1, -0.05) is 6.42 Å². The van der Waals surface area contributed by atoms with Crippen LogP contribution in [0.25, 0.3) is 0 Å². The second kappa shape index (κ2) is 4.87. The first-order chi connectivity index (χ1) is 7.72. The van der Waals surface area contributed by atoms with Gasteiger partial charge in [0.15, 0.2) is 6.39 Å². The second-order valence-corrected chi connectivity index (χ2v) is 4.50. The van der Waals surface area contributed by atoms with Gasteiger partial charge in [0.2, 0.25) is 5.76 Å². The van der Waals surface area contributed by atoms with Crippen LogP contribution in [0.1, 0.15) is 35.5 Å². The molecule has 16 heavy (non-hydrogen) atoms. The molecule has 1 heterocycles. The first kappa shape index (κ1) is 11.5. The number of carbonyl (C=O) groups is 1. The van der Waals surface area contributed by atoms with Crippen LogP contribution in [0.15, 0.2) is 10.8 Å². The summed E-state index contributed by atoms with van der Waals surface area (Å²) in [5.74, 6) is 1.10. The van der Waals surface area contributed by atoms with Crippen LogP contribution in [0.3, 0.4) is 0 Å².